The molecule has 4 fully saturated rings. The molecule has 32 heavy (non-hydrogen) atoms. The third-order valence-corrected chi connectivity index (χ3v) is 11.4. The number of esters is 1. The normalized spacial score (nSPS) is 44.5. The summed E-state index contributed by atoms with van der Waals surface area (Å²) in [5.41, 5.74) is 0.657. The molecule has 9 atom stereocenters. The Labute approximate surface area is 203 Å². The Morgan fingerprint density at radius 1 is 1.00 bits per heavy atom. The molecular weight excluding hydrogens is 416 g/mol. The van der Waals surface area contributed by atoms with Crippen LogP contribution in [0.2, 0.25) is 0 Å². The van der Waals surface area contributed by atoms with E-state index in [2.05, 4.69) is 27.7 Å². The van der Waals surface area contributed by atoms with Gasteiger partial charge in [0.05, 0.1) is 6.61 Å². The Morgan fingerprint density at radius 2 is 1.75 bits per heavy atom. The van der Waals surface area contributed by atoms with Gasteiger partial charge in [-0.05, 0) is 105 Å². The second-order valence-electron chi connectivity index (χ2n) is 13.1. The maximum Gasteiger partial charge on any atom is 0.302 e. The van der Waals surface area contributed by atoms with Crippen molar-refractivity contribution in [3.8, 4) is 0 Å². The SMILES string of the molecule is CC(=O)OC[C@]12C[C@@H](Cl)CC[C@@H]1CC[C@H]1[C@@H]3CC[C@H]([C@H](C)CCCC(C)C)[C@@]3(C)CC[C@@H]12. The van der Waals surface area contributed by atoms with Crippen molar-refractivity contribution >= 4 is 17.6 Å². The minimum Gasteiger partial charge on any atom is -0.465 e. The van der Waals surface area contributed by atoms with Gasteiger partial charge in [0.1, 0.15) is 0 Å². The van der Waals surface area contributed by atoms with Gasteiger partial charge < -0.3 is 4.74 Å². The molecule has 4 rings (SSSR count). The first-order valence-corrected chi connectivity index (χ1v) is 14.4. The molecule has 0 aromatic carbocycles. The van der Waals surface area contributed by atoms with Crippen LogP contribution in [0, 0.1) is 52.3 Å². The number of fused-ring (bicyclic) bond motifs is 5. The van der Waals surface area contributed by atoms with Crippen LogP contribution in [0.1, 0.15) is 112 Å². The highest BCUT2D eigenvalue weighted by atomic mass is 35.5. The van der Waals surface area contributed by atoms with E-state index in [0.29, 0.717) is 23.9 Å². The van der Waals surface area contributed by atoms with Crippen molar-refractivity contribution in [1.29, 1.82) is 0 Å². The lowest BCUT2D eigenvalue weighted by molar-refractivity contribution is -0.168. The molecule has 0 aromatic heterocycles. The van der Waals surface area contributed by atoms with Gasteiger partial charge in [0.25, 0.3) is 0 Å². The van der Waals surface area contributed by atoms with Crippen LogP contribution in [0.5, 0.6) is 0 Å². The number of halogens is 1. The van der Waals surface area contributed by atoms with Gasteiger partial charge in [-0.25, -0.2) is 0 Å². The maximum absolute atomic E-state index is 11.8. The van der Waals surface area contributed by atoms with E-state index in [1.54, 1.807) is 6.92 Å². The van der Waals surface area contributed by atoms with Crippen LogP contribution in [0.15, 0.2) is 0 Å². The van der Waals surface area contributed by atoms with E-state index in [-0.39, 0.29) is 16.8 Å². The van der Waals surface area contributed by atoms with Gasteiger partial charge in [0, 0.05) is 17.7 Å². The largest absolute Gasteiger partial charge is 0.465 e. The summed E-state index contributed by atoms with van der Waals surface area (Å²) >= 11 is 6.81. The van der Waals surface area contributed by atoms with Gasteiger partial charge in [-0.1, -0.05) is 47.0 Å². The standard InChI is InChI=1S/C29H49ClO2/c1-19(2)7-6-8-20(3)25-13-14-26-24-12-10-22-9-11-23(30)17-29(22,18-32-21(4)31)27(24)15-16-28(25,26)5/h19-20,22-27H,6-18H2,1-5H3/t20-,22-,23+,24+,25-,26+,27+,28-,29-/m1/s1. The highest BCUT2D eigenvalue weighted by Gasteiger charge is 2.62. The van der Waals surface area contributed by atoms with E-state index < -0.39 is 0 Å². The number of hydrogen-bond acceptors (Lipinski definition) is 2. The number of rotatable bonds is 7. The van der Waals surface area contributed by atoms with Crippen molar-refractivity contribution in [2.45, 2.75) is 117 Å². The first kappa shape index (κ1) is 24.9. The minimum absolute atomic E-state index is 0.117. The Kier molecular flexibility index (Phi) is 7.61. The lowest BCUT2D eigenvalue weighted by Crippen LogP contribution is -2.57. The number of hydrogen-bond donors (Lipinski definition) is 0. The van der Waals surface area contributed by atoms with E-state index in [0.717, 1.165) is 42.4 Å². The maximum atomic E-state index is 11.8. The quantitative estimate of drug-likeness (QED) is 0.280. The van der Waals surface area contributed by atoms with Crippen molar-refractivity contribution < 1.29 is 9.53 Å². The molecule has 4 aliphatic rings. The van der Waals surface area contributed by atoms with Crippen molar-refractivity contribution in [2.75, 3.05) is 6.61 Å². The first-order chi connectivity index (χ1) is 15.2. The predicted octanol–water partition coefficient (Wildman–Crippen LogP) is 8.26. The fourth-order valence-corrected chi connectivity index (χ4v) is 9.99. The van der Waals surface area contributed by atoms with Gasteiger partial charge in [-0.15, -0.1) is 11.6 Å². The van der Waals surface area contributed by atoms with Crippen LogP contribution in [0.25, 0.3) is 0 Å². The molecule has 0 unspecified atom stereocenters. The molecule has 0 heterocycles. The minimum atomic E-state index is -0.117. The zero-order valence-electron chi connectivity index (χ0n) is 21.5. The lowest BCUT2D eigenvalue weighted by atomic mass is 9.44. The molecule has 0 bridgehead atoms. The van der Waals surface area contributed by atoms with Gasteiger partial charge in [-0.2, -0.15) is 0 Å². The van der Waals surface area contributed by atoms with Crippen molar-refractivity contribution in [3.05, 3.63) is 0 Å². The van der Waals surface area contributed by atoms with E-state index in [4.69, 9.17) is 16.3 Å². The van der Waals surface area contributed by atoms with Gasteiger partial charge in [0.2, 0.25) is 0 Å². The first-order valence-electron chi connectivity index (χ1n) is 13.9. The second-order valence-corrected chi connectivity index (χ2v) is 13.7. The third-order valence-electron chi connectivity index (χ3n) is 11.0. The van der Waals surface area contributed by atoms with E-state index in [9.17, 15) is 4.79 Å². The molecule has 0 aliphatic heterocycles. The number of carbonyl (C=O) groups excluding carboxylic acids is 1. The van der Waals surface area contributed by atoms with Gasteiger partial charge in [-0.3, -0.25) is 4.79 Å². The summed E-state index contributed by atoms with van der Waals surface area (Å²) in [6, 6.07) is 0. The summed E-state index contributed by atoms with van der Waals surface area (Å²) < 4.78 is 5.80. The molecule has 0 aromatic rings. The molecule has 0 saturated heterocycles. The summed E-state index contributed by atoms with van der Waals surface area (Å²) in [5, 5.41) is 0.256. The fourth-order valence-electron chi connectivity index (χ4n) is 9.58. The number of ether oxygens (including phenoxy) is 1. The van der Waals surface area contributed by atoms with Crippen LogP contribution in [0.4, 0.5) is 0 Å². The molecule has 0 spiro atoms. The van der Waals surface area contributed by atoms with Crippen LogP contribution in [-0.2, 0) is 9.53 Å². The van der Waals surface area contributed by atoms with E-state index in [1.807, 2.05) is 0 Å². The van der Waals surface area contributed by atoms with E-state index >= 15 is 0 Å². The summed E-state index contributed by atoms with van der Waals surface area (Å²) in [6.07, 6.45) is 15.9. The summed E-state index contributed by atoms with van der Waals surface area (Å²) in [7, 11) is 0. The Hall–Kier alpha value is -0.240. The number of carbonyl (C=O) groups is 1. The molecule has 184 valence electrons. The molecular formula is C29H49ClO2. The average molecular weight is 465 g/mol. The molecule has 0 N–H and O–H groups in total. The molecule has 3 heteroatoms. The third kappa shape index (κ3) is 4.52. The monoisotopic (exact) mass is 464 g/mol. The van der Waals surface area contributed by atoms with Gasteiger partial charge >= 0.3 is 5.97 Å². The van der Waals surface area contributed by atoms with Gasteiger partial charge in [0.15, 0.2) is 0 Å². The van der Waals surface area contributed by atoms with E-state index in [1.165, 1.54) is 64.2 Å². The van der Waals surface area contributed by atoms with Crippen molar-refractivity contribution in [1.82, 2.24) is 0 Å². The van der Waals surface area contributed by atoms with Crippen LogP contribution >= 0.6 is 11.6 Å². The molecule has 2 nitrogen and oxygen atoms in total. The lowest BCUT2D eigenvalue weighted by Gasteiger charge is -2.62. The average Bonchev–Trinajstić information content (AvgIpc) is 3.09. The zero-order valence-corrected chi connectivity index (χ0v) is 22.3. The topological polar surface area (TPSA) is 26.3 Å². The number of alkyl halides is 1. The Balaban J connectivity index is 1.52. The highest BCUT2D eigenvalue weighted by Crippen LogP contribution is 2.68. The Bertz CT molecular complexity index is 662. The van der Waals surface area contributed by atoms with Crippen LogP contribution < -0.4 is 0 Å². The smallest absolute Gasteiger partial charge is 0.302 e. The summed E-state index contributed by atoms with van der Waals surface area (Å²) in [4.78, 5) is 11.8. The summed E-state index contributed by atoms with van der Waals surface area (Å²) in [5.74, 6) is 5.55. The molecule has 0 amide bonds. The van der Waals surface area contributed by atoms with Crippen LogP contribution in [0.3, 0.4) is 0 Å². The molecule has 0 radical (unpaired) electrons. The van der Waals surface area contributed by atoms with Crippen molar-refractivity contribution in [2.24, 2.45) is 52.3 Å². The highest BCUT2D eigenvalue weighted by molar-refractivity contribution is 6.20. The van der Waals surface area contributed by atoms with Crippen molar-refractivity contribution in [3.63, 3.8) is 0 Å². The predicted molar refractivity (Wildman–Crippen MR) is 134 cm³/mol. The van der Waals surface area contributed by atoms with Crippen LogP contribution in [-0.4, -0.2) is 18.0 Å². The zero-order chi connectivity index (χ0) is 23.1. The Morgan fingerprint density at radius 3 is 2.47 bits per heavy atom. The second kappa shape index (κ2) is 9.79. The summed E-state index contributed by atoms with van der Waals surface area (Å²) in [6.45, 7) is 12.1. The molecule has 4 aliphatic carbocycles. The fraction of sp³-hybridized carbons (Fsp3) is 0.966. The molecule has 4 saturated carbocycles.